The van der Waals surface area contributed by atoms with Gasteiger partial charge in [-0.15, -0.1) is 11.8 Å². The van der Waals surface area contributed by atoms with Gasteiger partial charge in [0, 0.05) is 12.4 Å². The van der Waals surface area contributed by atoms with E-state index in [1.54, 1.807) is 18.5 Å². The molecule has 0 spiro atoms. The van der Waals surface area contributed by atoms with Crippen molar-refractivity contribution in [2.45, 2.75) is 14.8 Å². The summed E-state index contributed by atoms with van der Waals surface area (Å²) in [5.74, 6) is -0.605. The van der Waals surface area contributed by atoms with Crippen LogP contribution in [0, 0.1) is 5.82 Å². The molecular weight excluding hydrogens is 313 g/mol. The van der Waals surface area contributed by atoms with E-state index in [1.807, 2.05) is 0 Å². The monoisotopic (exact) mass is 323 g/mol. The third-order valence-corrected chi connectivity index (χ3v) is 5.48. The Kier molecular flexibility index (Phi) is 3.42. The zero-order chi connectivity index (χ0) is 15.0. The van der Waals surface area contributed by atoms with E-state index in [2.05, 4.69) is 10.1 Å². The van der Waals surface area contributed by atoms with E-state index >= 15 is 0 Å². The fourth-order valence-corrected chi connectivity index (χ4v) is 4.41. The number of thioether (sulfide) groups is 1. The van der Waals surface area contributed by atoms with Crippen LogP contribution >= 0.6 is 11.8 Å². The van der Waals surface area contributed by atoms with Crippen molar-refractivity contribution in [3.63, 3.8) is 0 Å². The first-order valence-electron chi connectivity index (χ1n) is 5.92. The van der Waals surface area contributed by atoms with Crippen LogP contribution in [0.1, 0.15) is 0 Å². The van der Waals surface area contributed by atoms with Gasteiger partial charge in [0.25, 0.3) is 0 Å². The first-order chi connectivity index (χ1) is 10.0. The van der Waals surface area contributed by atoms with E-state index in [0.29, 0.717) is 5.03 Å². The van der Waals surface area contributed by atoms with Crippen molar-refractivity contribution in [3.8, 4) is 0 Å². The van der Waals surface area contributed by atoms with Crippen LogP contribution in [0.2, 0.25) is 0 Å². The Morgan fingerprint density at radius 1 is 1.29 bits per heavy atom. The average Bonchev–Trinajstić information content (AvgIpc) is 2.86. The lowest BCUT2D eigenvalue weighted by Crippen LogP contribution is -2.04. The van der Waals surface area contributed by atoms with E-state index in [4.69, 9.17) is 0 Å². The van der Waals surface area contributed by atoms with E-state index in [-0.39, 0.29) is 15.4 Å². The molecule has 0 bridgehead atoms. The zero-order valence-electron chi connectivity index (χ0n) is 10.9. The van der Waals surface area contributed by atoms with Gasteiger partial charge in [0.05, 0.1) is 4.90 Å². The van der Waals surface area contributed by atoms with Gasteiger partial charge in [-0.3, -0.25) is 0 Å². The van der Waals surface area contributed by atoms with E-state index in [1.165, 1.54) is 40.7 Å². The molecule has 8 heteroatoms. The summed E-state index contributed by atoms with van der Waals surface area (Å²) in [5, 5.41) is 4.52. The van der Waals surface area contributed by atoms with Crippen molar-refractivity contribution >= 4 is 27.2 Å². The summed E-state index contributed by atoms with van der Waals surface area (Å²) in [4.78, 5) is 3.97. The number of fused-ring (bicyclic) bond motifs is 1. The van der Waals surface area contributed by atoms with Crippen LogP contribution in [0.25, 0.3) is 5.65 Å². The van der Waals surface area contributed by atoms with Gasteiger partial charge >= 0.3 is 0 Å². The highest BCUT2D eigenvalue weighted by molar-refractivity contribution is 7.99. The van der Waals surface area contributed by atoms with Gasteiger partial charge in [-0.25, -0.2) is 22.3 Å². The van der Waals surface area contributed by atoms with E-state index in [0.717, 1.165) is 6.07 Å². The lowest BCUT2D eigenvalue weighted by atomic mass is 10.4. The number of sulfone groups is 1. The maximum Gasteiger partial charge on any atom is 0.213 e. The summed E-state index contributed by atoms with van der Waals surface area (Å²) in [6.45, 7) is 0. The predicted octanol–water partition coefficient (Wildman–Crippen LogP) is 2.42. The fraction of sp³-hybridized carbons (Fsp3) is 0.0769. The Labute approximate surface area is 124 Å². The topological polar surface area (TPSA) is 64.3 Å². The predicted molar refractivity (Wildman–Crippen MR) is 76.6 cm³/mol. The second-order valence-electron chi connectivity index (χ2n) is 4.19. The SMILES string of the molecule is CSc1nn2cccnc2c1S(=O)(=O)c1cccc(F)c1. The molecule has 0 radical (unpaired) electrons. The number of halogens is 1. The van der Waals surface area contributed by atoms with Gasteiger partial charge in [0.1, 0.15) is 10.8 Å². The highest BCUT2D eigenvalue weighted by Gasteiger charge is 2.28. The molecule has 0 fully saturated rings. The molecule has 1 aromatic carbocycles. The second kappa shape index (κ2) is 5.12. The molecule has 0 saturated heterocycles. The van der Waals surface area contributed by atoms with Crippen LogP contribution in [0.4, 0.5) is 4.39 Å². The lowest BCUT2D eigenvalue weighted by molar-refractivity contribution is 0.589. The van der Waals surface area contributed by atoms with Gasteiger partial charge in [-0.2, -0.15) is 5.10 Å². The summed E-state index contributed by atoms with van der Waals surface area (Å²) in [5.41, 5.74) is 0.228. The van der Waals surface area contributed by atoms with Crippen molar-refractivity contribution in [1.29, 1.82) is 0 Å². The highest BCUT2D eigenvalue weighted by atomic mass is 32.2. The van der Waals surface area contributed by atoms with Crippen molar-refractivity contribution in [2.75, 3.05) is 6.26 Å². The standard InChI is InChI=1S/C13H10FN3O2S2/c1-20-13-11(12-15-6-3-7-17(12)16-13)21(18,19)10-5-2-4-9(14)8-10/h2-8H,1H3. The van der Waals surface area contributed by atoms with Crippen molar-refractivity contribution in [2.24, 2.45) is 0 Å². The average molecular weight is 323 g/mol. The first kappa shape index (κ1) is 14.0. The minimum atomic E-state index is -3.89. The minimum absolute atomic E-state index is 0.00111. The van der Waals surface area contributed by atoms with Crippen LogP contribution in [-0.4, -0.2) is 29.3 Å². The van der Waals surface area contributed by atoms with Gasteiger partial charge in [0.15, 0.2) is 10.5 Å². The first-order valence-corrected chi connectivity index (χ1v) is 8.63. The maximum atomic E-state index is 13.3. The normalized spacial score (nSPS) is 11.9. The van der Waals surface area contributed by atoms with Gasteiger partial charge in [0.2, 0.25) is 9.84 Å². The molecule has 3 aromatic rings. The number of rotatable bonds is 3. The Morgan fingerprint density at radius 2 is 2.10 bits per heavy atom. The lowest BCUT2D eigenvalue weighted by Gasteiger charge is -2.04. The molecule has 5 nitrogen and oxygen atoms in total. The van der Waals surface area contributed by atoms with Gasteiger partial charge in [-0.1, -0.05) is 6.07 Å². The van der Waals surface area contributed by atoms with Crippen molar-refractivity contribution < 1.29 is 12.8 Å². The molecule has 2 heterocycles. The van der Waals surface area contributed by atoms with E-state index in [9.17, 15) is 12.8 Å². The number of hydrogen-bond donors (Lipinski definition) is 0. The van der Waals surface area contributed by atoms with Crippen LogP contribution < -0.4 is 0 Å². The zero-order valence-corrected chi connectivity index (χ0v) is 12.5. The molecule has 0 aliphatic rings. The van der Waals surface area contributed by atoms with Crippen molar-refractivity contribution in [1.82, 2.24) is 14.6 Å². The van der Waals surface area contributed by atoms with Gasteiger partial charge in [-0.05, 0) is 30.5 Å². The quantitative estimate of drug-likeness (QED) is 0.693. The third-order valence-electron chi connectivity index (χ3n) is 2.89. The summed E-state index contributed by atoms with van der Waals surface area (Å²) in [6.07, 6.45) is 4.84. The van der Waals surface area contributed by atoms with Crippen LogP contribution in [0.15, 0.2) is 57.5 Å². The molecule has 21 heavy (non-hydrogen) atoms. The summed E-state index contributed by atoms with van der Waals surface area (Å²) in [7, 11) is -3.89. The van der Waals surface area contributed by atoms with Gasteiger partial charge < -0.3 is 0 Å². The second-order valence-corrected chi connectivity index (χ2v) is 6.87. The fourth-order valence-electron chi connectivity index (χ4n) is 1.97. The third kappa shape index (κ3) is 2.30. The summed E-state index contributed by atoms with van der Waals surface area (Å²) >= 11 is 1.20. The Balaban J connectivity index is 2.33. The van der Waals surface area contributed by atoms with Crippen molar-refractivity contribution in [3.05, 3.63) is 48.5 Å². The van der Waals surface area contributed by atoms with Crippen LogP contribution in [-0.2, 0) is 9.84 Å². The number of hydrogen-bond acceptors (Lipinski definition) is 5. The summed E-state index contributed by atoms with van der Waals surface area (Å²) < 4.78 is 40.3. The molecule has 0 aliphatic heterocycles. The molecule has 0 unspecified atom stereocenters. The molecule has 0 atom stereocenters. The molecule has 3 rings (SSSR count). The summed E-state index contributed by atoms with van der Waals surface area (Å²) in [6, 6.07) is 6.56. The number of benzene rings is 1. The minimum Gasteiger partial charge on any atom is -0.236 e. The highest BCUT2D eigenvalue weighted by Crippen LogP contribution is 2.31. The molecule has 0 aliphatic carbocycles. The molecular formula is C13H10FN3O2S2. The maximum absolute atomic E-state index is 13.3. The van der Waals surface area contributed by atoms with E-state index < -0.39 is 15.7 Å². The van der Waals surface area contributed by atoms with Crippen LogP contribution in [0.3, 0.4) is 0 Å². The molecule has 0 amide bonds. The smallest absolute Gasteiger partial charge is 0.213 e. The molecule has 0 N–H and O–H groups in total. The number of aromatic nitrogens is 3. The number of nitrogens with zero attached hydrogens (tertiary/aromatic N) is 3. The largest absolute Gasteiger partial charge is 0.236 e. The molecule has 2 aromatic heterocycles. The van der Waals surface area contributed by atoms with Crippen LogP contribution in [0.5, 0.6) is 0 Å². The Hall–Kier alpha value is -1.93. The molecule has 0 saturated carbocycles. The molecule has 108 valence electrons. The Morgan fingerprint density at radius 3 is 2.81 bits per heavy atom. The Bertz CT molecular complexity index is 922.